The number of aliphatic hydroxyl groups excluding tert-OH is 1. The summed E-state index contributed by atoms with van der Waals surface area (Å²) in [5, 5.41) is 30.2. The number of nitriles is 1. The number of ether oxygens (including phenoxy) is 1. The van der Waals surface area contributed by atoms with Crippen molar-refractivity contribution in [3.8, 4) is 11.9 Å². The molecule has 1 amide bonds. The van der Waals surface area contributed by atoms with Crippen molar-refractivity contribution in [2.75, 3.05) is 19.8 Å². The van der Waals surface area contributed by atoms with Crippen LogP contribution in [0.4, 0.5) is 14.5 Å². The molecule has 1 aliphatic rings. The summed E-state index contributed by atoms with van der Waals surface area (Å²) in [5.41, 5.74) is 0.694. The minimum atomic E-state index is -3.01. The van der Waals surface area contributed by atoms with Gasteiger partial charge in [-0.2, -0.15) is 14.0 Å². The van der Waals surface area contributed by atoms with E-state index in [0.717, 1.165) is 0 Å². The molecule has 1 heterocycles. The number of alkyl halides is 2. The Balaban J connectivity index is 2.04. The molecule has 1 aliphatic heterocycles. The molecule has 184 valence electrons. The fourth-order valence-electron chi connectivity index (χ4n) is 3.15. The van der Waals surface area contributed by atoms with Crippen LogP contribution in [0.3, 0.4) is 0 Å². The van der Waals surface area contributed by atoms with Crippen LogP contribution in [0, 0.1) is 11.5 Å². The zero-order valence-corrected chi connectivity index (χ0v) is 19.7. The lowest BCUT2D eigenvalue weighted by molar-refractivity contribution is -0.145. The van der Waals surface area contributed by atoms with Crippen molar-refractivity contribution in [1.29, 1.82) is 5.26 Å². The number of hydrogen-bond acceptors (Lipinski definition) is 7. The van der Waals surface area contributed by atoms with Crippen molar-refractivity contribution in [1.82, 2.24) is 20.3 Å². The van der Waals surface area contributed by atoms with Crippen LogP contribution in [0.5, 0.6) is 5.75 Å². The lowest BCUT2D eigenvalue weighted by Gasteiger charge is -2.32. The normalized spacial score (nSPS) is 13.5. The van der Waals surface area contributed by atoms with Gasteiger partial charge in [-0.05, 0) is 37.3 Å². The molecule has 0 bridgehead atoms. The number of hydrazine groups is 1. The fraction of sp³-hybridized carbons (Fsp3) is 0.238. The summed E-state index contributed by atoms with van der Waals surface area (Å²) in [4.78, 5) is 16.7. The van der Waals surface area contributed by atoms with Crippen molar-refractivity contribution in [3.63, 3.8) is 0 Å². The first-order valence-electron chi connectivity index (χ1n) is 10.1. The van der Waals surface area contributed by atoms with E-state index in [1.807, 2.05) is 0 Å². The predicted octanol–water partition coefficient (Wildman–Crippen LogP) is 3.35. The number of rotatable bonds is 7. The Kier molecular flexibility index (Phi) is 8.64. The molecule has 0 atom stereocenters. The monoisotopic (exact) mass is 525 g/mol. The van der Waals surface area contributed by atoms with Crippen LogP contribution in [-0.2, 0) is 4.79 Å². The van der Waals surface area contributed by atoms with Crippen LogP contribution in [0.2, 0.25) is 10.0 Å². The molecule has 0 saturated carbocycles. The van der Waals surface area contributed by atoms with Gasteiger partial charge in [0.1, 0.15) is 19.0 Å². The molecule has 10 nitrogen and oxygen atoms in total. The van der Waals surface area contributed by atoms with Crippen molar-refractivity contribution in [3.05, 3.63) is 58.1 Å². The van der Waals surface area contributed by atoms with E-state index in [1.165, 1.54) is 39.3 Å². The number of hydrazone groups is 1. The molecule has 3 rings (SSSR count). The van der Waals surface area contributed by atoms with Crippen molar-refractivity contribution in [2.45, 2.75) is 13.5 Å². The first kappa shape index (κ1) is 26.0. The van der Waals surface area contributed by atoms with Gasteiger partial charge in [0, 0.05) is 18.2 Å². The lowest BCUT2D eigenvalue weighted by atomic mass is 10.2. The molecular formula is C21H19Cl2F2N7O3. The predicted molar refractivity (Wildman–Crippen MR) is 125 cm³/mol. The highest BCUT2D eigenvalue weighted by molar-refractivity contribution is 6.42. The number of aliphatic imine (C=N–C) groups is 1. The Labute approximate surface area is 209 Å². The highest BCUT2D eigenvalue weighted by Gasteiger charge is 2.33. The molecule has 35 heavy (non-hydrogen) atoms. The van der Waals surface area contributed by atoms with Gasteiger partial charge in [-0.3, -0.25) is 10.1 Å². The minimum Gasteiger partial charge on any atom is -0.435 e. The van der Waals surface area contributed by atoms with Crippen LogP contribution < -0.4 is 10.1 Å². The highest BCUT2D eigenvalue weighted by Crippen LogP contribution is 2.27. The number of nitrogens with one attached hydrogen (secondary N) is 1. The molecule has 2 aromatic carbocycles. The number of likely N-dealkylation sites (N-methyl/N-ethyl adjacent to an activating group) is 1. The van der Waals surface area contributed by atoms with Crippen molar-refractivity contribution >= 4 is 46.6 Å². The second-order valence-electron chi connectivity index (χ2n) is 6.81. The van der Waals surface area contributed by atoms with Gasteiger partial charge >= 0.3 is 6.61 Å². The zero-order valence-electron chi connectivity index (χ0n) is 18.2. The van der Waals surface area contributed by atoms with Gasteiger partial charge in [0.05, 0.1) is 15.7 Å². The third kappa shape index (κ3) is 6.27. The van der Waals surface area contributed by atoms with Crippen LogP contribution in [0.25, 0.3) is 0 Å². The van der Waals surface area contributed by atoms with Gasteiger partial charge in [-0.25, -0.2) is 20.0 Å². The molecule has 0 unspecified atom stereocenters. The summed E-state index contributed by atoms with van der Waals surface area (Å²) < 4.78 is 29.5. The highest BCUT2D eigenvalue weighted by atomic mass is 35.5. The van der Waals surface area contributed by atoms with Crippen LogP contribution in [-0.4, -0.2) is 64.3 Å². The smallest absolute Gasteiger partial charge is 0.387 e. The number of guanidine groups is 1. The standard InChI is InChI=1S/C21H19Cl2F2N7O3/c1-2-31(18(34)10-33)32-12-30(29-19(32)13-6-7-16(22)17(23)8-13)21(27-11-26)28-14-4-3-5-15(9-14)35-20(24)25/h3-9,20,33H,2,10,12H2,1H3,(H,27,28). The summed E-state index contributed by atoms with van der Waals surface area (Å²) in [6.45, 7) is -1.94. The zero-order chi connectivity index (χ0) is 25.5. The van der Waals surface area contributed by atoms with Crippen LogP contribution in [0.1, 0.15) is 12.5 Å². The number of benzene rings is 2. The van der Waals surface area contributed by atoms with E-state index >= 15 is 0 Å². The van der Waals surface area contributed by atoms with E-state index in [1.54, 1.807) is 31.3 Å². The SMILES string of the molecule is CCN(C(=O)CO)N1CN(C(=Nc2cccc(OC(F)F)c2)NC#N)N=C1c1ccc(Cl)c(Cl)c1. The van der Waals surface area contributed by atoms with Crippen molar-refractivity contribution in [2.24, 2.45) is 10.1 Å². The summed E-state index contributed by atoms with van der Waals surface area (Å²) >= 11 is 12.2. The van der Waals surface area contributed by atoms with Crippen LogP contribution in [0.15, 0.2) is 52.6 Å². The third-order valence-corrected chi connectivity index (χ3v) is 5.35. The third-order valence-electron chi connectivity index (χ3n) is 4.61. The average Bonchev–Trinajstić information content (AvgIpc) is 3.25. The number of nitrogens with zero attached hydrogens (tertiary/aromatic N) is 6. The molecule has 0 fully saturated rings. The van der Waals surface area contributed by atoms with Crippen molar-refractivity contribution < 1.29 is 23.4 Å². The van der Waals surface area contributed by atoms with Gasteiger partial charge in [-0.1, -0.05) is 29.3 Å². The fourth-order valence-corrected chi connectivity index (χ4v) is 3.45. The maximum atomic E-state index is 12.6. The first-order chi connectivity index (χ1) is 16.8. The van der Waals surface area contributed by atoms with Gasteiger partial charge in [-0.15, -0.1) is 5.10 Å². The molecule has 2 aromatic rings. The minimum absolute atomic E-state index is 0.0609. The first-order valence-corrected chi connectivity index (χ1v) is 10.8. The maximum absolute atomic E-state index is 12.6. The van der Waals surface area contributed by atoms with Gasteiger partial charge in [0.25, 0.3) is 5.91 Å². The topological polar surface area (TPSA) is 117 Å². The Morgan fingerprint density at radius 2 is 2.11 bits per heavy atom. The Hall–Kier alpha value is -3.66. The second kappa shape index (κ2) is 11.7. The van der Waals surface area contributed by atoms with Gasteiger partial charge < -0.3 is 9.84 Å². The molecule has 0 radical (unpaired) electrons. The quantitative estimate of drug-likeness (QED) is 0.246. The number of carbonyl (C=O) groups excluding carboxylic acids is 1. The van der Waals surface area contributed by atoms with E-state index < -0.39 is 19.1 Å². The van der Waals surface area contributed by atoms with Gasteiger partial charge in [0.15, 0.2) is 12.0 Å². The summed E-state index contributed by atoms with van der Waals surface area (Å²) in [6, 6.07) is 10.3. The largest absolute Gasteiger partial charge is 0.435 e. The lowest BCUT2D eigenvalue weighted by Crippen LogP contribution is -2.51. The molecule has 2 N–H and O–H groups in total. The number of halogens is 4. The van der Waals surface area contributed by atoms with E-state index in [0.29, 0.717) is 10.6 Å². The van der Waals surface area contributed by atoms with Gasteiger partial charge in [0.2, 0.25) is 5.96 Å². The Morgan fingerprint density at radius 3 is 2.74 bits per heavy atom. The number of amidine groups is 1. The van der Waals surface area contributed by atoms with E-state index in [2.05, 4.69) is 20.1 Å². The molecule has 14 heteroatoms. The second-order valence-corrected chi connectivity index (χ2v) is 7.62. The average molecular weight is 526 g/mol. The summed E-state index contributed by atoms with van der Waals surface area (Å²) in [5.74, 6) is -0.513. The Bertz CT molecular complexity index is 1190. The molecule has 0 aromatic heterocycles. The summed E-state index contributed by atoms with van der Waals surface area (Å²) in [6.07, 6.45) is 1.75. The van der Waals surface area contributed by atoms with E-state index in [4.69, 9.17) is 23.2 Å². The number of carbonyl (C=O) groups is 1. The summed E-state index contributed by atoms with van der Waals surface area (Å²) in [7, 11) is 0. The molecule has 0 spiro atoms. The number of amides is 1. The van der Waals surface area contributed by atoms with Crippen LogP contribution >= 0.6 is 23.2 Å². The van der Waals surface area contributed by atoms with E-state index in [-0.39, 0.29) is 41.5 Å². The maximum Gasteiger partial charge on any atom is 0.387 e. The molecule has 0 saturated heterocycles. The number of hydrogen-bond donors (Lipinski definition) is 2. The Morgan fingerprint density at radius 1 is 1.34 bits per heavy atom. The molecular weight excluding hydrogens is 507 g/mol. The number of aliphatic hydroxyl groups is 1. The molecule has 0 aliphatic carbocycles. The van der Waals surface area contributed by atoms with E-state index in [9.17, 15) is 23.9 Å².